The van der Waals surface area contributed by atoms with Crippen LogP contribution in [0.5, 0.6) is 11.5 Å². The maximum atomic E-state index is 13.4. The molecule has 0 saturated carbocycles. The van der Waals surface area contributed by atoms with Crippen molar-refractivity contribution in [3.63, 3.8) is 0 Å². The normalized spacial score (nSPS) is 14.8. The molecule has 2 amide bonds. The number of benzene rings is 2. The van der Waals surface area contributed by atoms with Crippen LogP contribution in [0.15, 0.2) is 42.5 Å². The Kier molecular flexibility index (Phi) is 6.01. The van der Waals surface area contributed by atoms with Crippen LogP contribution < -0.4 is 20.5 Å². The Hall–Kier alpha value is -3.92. The van der Waals surface area contributed by atoms with E-state index < -0.39 is 23.6 Å². The van der Waals surface area contributed by atoms with Gasteiger partial charge < -0.3 is 25.6 Å². The number of nitrogens with one attached hydrogen (secondary N) is 1. The lowest BCUT2D eigenvalue weighted by atomic mass is 9.88. The molecule has 3 aromatic rings. The fourth-order valence-corrected chi connectivity index (χ4v) is 5.02. The van der Waals surface area contributed by atoms with Crippen LogP contribution in [0.1, 0.15) is 32.5 Å². The zero-order chi connectivity index (χ0) is 23.7. The molecule has 0 unspecified atom stereocenters. The van der Waals surface area contributed by atoms with E-state index in [2.05, 4.69) is 5.32 Å². The van der Waals surface area contributed by atoms with Gasteiger partial charge in [-0.05, 0) is 35.4 Å². The molecule has 0 radical (unpaired) electrons. The van der Waals surface area contributed by atoms with Crippen molar-refractivity contribution < 1.29 is 33.4 Å². The fourth-order valence-electron chi connectivity index (χ4n) is 3.77. The smallest absolute Gasteiger partial charge is 0.346 e. The molecule has 10 heteroatoms. The van der Waals surface area contributed by atoms with E-state index in [1.807, 2.05) is 0 Å². The molecule has 4 N–H and O–H groups in total. The Labute approximate surface area is 191 Å². The summed E-state index contributed by atoms with van der Waals surface area (Å²) in [6.45, 7) is -0.354. The van der Waals surface area contributed by atoms with Crippen molar-refractivity contribution in [3.05, 3.63) is 63.6 Å². The number of thiophene rings is 1. The van der Waals surface area contributed by atoms with Gasteiger partial charge in [-0.3, -0.25) is 9.59 Å². The van der Waals surface area contributed by atoms with Gasteiger partial charge in [-0.1, -0.05) is 18.2 Å². The van der Waals surface area contributed by atoms with Gasteiger partial charge >= 0.3 is 5.97 Å². The molecular weight excluding hydrogens is 451 g/mol. The van der Waals surface area contributed by atoms with Gasteiger partial charge in [0.1, 0.15) is 10.7 Å². The van der Waals surface area contributed by atoms with Gasteiger partial charge in [0.05, 0.1) is 12.8 Å². The van der Waals surface area contributed by atoms with E-state index in [4.69, 9.17) is 15.2 Å². The molecule has 4 rings (SSSR count). The Morgan fingerprint density at radius 3 is 2.58 bits per heavy atom. The highest BCUT2D eigenvalue weighted by Gasteiger charge is 2.34. The molecule has 1 aliphatic rings. The minimum atomic E-state index is -1.15. The fraction of sp³-hybridized carbons (Fsp3) is 0.174. The Balaban J connectivity index is 1.84. The van der Waals surface area contributed by atoms with Crippen molar-refractivity contribution in [1.82, 2.24) is 0 Å². The van der Waals surface area contributed by atoms with Crippen LogP contribution >= 0.6 is 11.3 Å². The number of nitrogens with two attached hydrogens (primary N) is 1. The first-order chi connectivity index (χ1) is 15.8. The summed E-state index contributed by atoms with van der Waals surface area (Å²) >= 11 is 1.05. The maximum absolute atomic E-state index is 13.4. The number of hydrogen-bond donors (Lipinski definition) is 3. The maximum Gasteiger partial charge on any atom is 0.346 e. The molecule has 2 aromatic carbocycles. The number of rotatable bonds is 7. The zero-order valence-corrected chi connectivity index (χ0v) is 18.2. The number of carboxylic acids is 1. The number of carboxylic acid groups (broad SMARTS) is 1. The lowest BCUT2D eigenvalue weighted by Gasteiger charge is -2.24. The highest BCUT2D eigenvalue weighted by atomic mass is 32.1. The Morgan fingerprint density at radius 1 is 1.21 bits per heavy atom. The average molecular weight is 470 g/mol. The molecule has 0 aliphatic carbocycles. The number of hydrogen-bond acceptors (Lipinski definition) is 6. The van der Waals surface area contributed by atoms with Crippen molar-refractivity contribution in [2.24, 2.45) is 5.73 Å². The molecule has 0 fully saturated rings. The third-order valence-corrected chi connectivity index (χ3v) is 6.48. The molecule has 33 heavy (non-hydrogen) atoms. The highest BCUT2D eigenvalue weighted by molar-refractivity contribution is 7.15. The first kappa shape index (κ1) is 22.3. The molecule has 1 atom stereocenters. The van der Waals surface area contributed by atoms with Crippen molar-refractivity contribution in [1.29, 1.82) is 0 Å². The summed E-state index contributed by atoms with van der Waals surface area (Å²) in [5, 5.41) is 12.6. The second kappa shape index (κ2) is 8.91. The van der Waals surface area contributed by atoms with E-state index in [9.17, 15) is 23.9 Å². The van der Waals surface area contributed by atoms with Crippen LogP contribution in [0.4, 0.5) is 10.1 Å². The summed E-state index contributed by atoms with van der Waals surface area (Å²) in [4.78, 5) is 36.5. The predicted octanol–water partition coefficient (Wildman–Crippen LogP) is 3.60. The van der Waals surface area contributed by atoms with Crippen molar-refractivity contribution >= 4 is 34.8 Å². The number of primary amides is 1. The second-order valence-electron chi connectivity index (χ2n) is 7.33. The van der Waals surface area contributed by atoms with E-state index in [1.165, 1.54) is 31.4 Å². The molecule has 1 aliphatic heterocycles. The number of methoxy groups -OCH3 is 1. The molecule has 2 heterocycles. The SMILES string of the molecule is COc1ccc([C@H]2CC(=O)Nc3c2sc(C(=O)O)c3-c2ccc(F)cc2)cc1OCC(N)=O. The first-order valence-corrected chi connectivity index (χ1v) is 10.6. The van der Waals surface area contributed by atoms with E-state index >= 15 is 0 Å². The van der Waals surface area contributed by atoms with Crippen LogP contribution in [-0.4, -0.2) is 36.6 Å². The number of fused-ring (bicyclic) bond motifs is 1. The summed E-state index contributed by atoms with van der Waals surface area (Å²) in [6, 6.07) is 10.5. The predicted molar refractivity (Wildman–Crippen MR) is 119 cm³/mol. The standard InChI is InChI=1S/C23H19FN2O6S/c1-31-15-7-4-12(8-16(15)32-10-17(25)27)14-9-18(28)26-20-19(11-2-5-13(24)6-3-11)22(23(29)30)33-21(14)20/h2-8,14H,9-10H2,1H3,(H2,25,27)(H,26,28)(H,29,30)/t14-/m1/s1. The van der Waals surface area contributed by atoms with E-state index in [0.29, 0.717) is 33.0 Å². The molecule has 0 spiro atoms. The third kappa shape index (κ3) is 4.37. The van der Waals surface area contributed by atoms with Gasteiger partial charge in [0, 0.05) is 22.8 Å². The molecule has 0 saturated heterocycles. The van der Waals surface area contributed by atoms with Gasteiger partial charge in [-0.2, -0.15) is 0 Å². The van der Waals surface area contributed by atoms with Crippen molar-refractivity contribution in [3.8, 4) is 22.6 Å². The lowest BCUT2D eigenvalue weighted by Crippen LogP contribution is -2.23. The number of ether oxygens (including phenoxy) is 2. The average Bonchev–Trinajstić information content (AvgIpc) is 3.17. The number of amides is 2. The summed E-state index contributed by atoms with van der Waals surface area (Å²) < 4.78 is 24.2. The number of aromatic carboxylic acids is 1. The van der Waals surface area contributed by atoms with Gasteiger partial charge in [0.2, 0.25) is 5.91 Å². The van der Waals surface area contributed by atoms with Crippen LogP contribution in [0.2, 0.25) is 0 Å². The number of carbonyl (C=O) groups excluding carboxylic acids is 2. The quantitative estimate of drug-likeness (QED) is 0.484. The van der Waals surface area contributed by atoms with E-state index in [1.54, 1.807) is 18.2 Å². The Morgan fingerprint density at radius 2 is 1.94 bits per heavy atom. The van der Waals surface area contributed by atoms with Gasteiger partial charge in [0.25, 0.3) is 5.91 Å². The molecular formula is C23H19FN2O6S. The van der Waals surface area contributed by atoms with Gasteiger partial charge in [0.15, 0.2) is 18.1 Å². The van der Waals surface area contributed by atoms with Gasteiger partial charge in [-0.15, -0.1) is 11.3 Å². The minimum Gasteiger partial charge on any atom is -0.493 e. The van der Waals surface area contributed by atoms with Gasteiger partial charge in [-0.25, -0.2) is 9.18 Å². The Bertz CT molecular complexity index is 1250. The summed E-state index contributed by atoms with van der Waals surface area (Å²) in [6.07, 6.45) is 0.0804. The molecule has 8 nitrogen and oxygen atoms in total. The number of halogens is 1. The summed E-state index contributed by atoms with van der Waals surface area (Å²) in [5.41, 5.74) is 7.05. The van der Waals surface area contributed by atoms with Crippen molar-refractivity contribution in [2.45, 2.75) is 12.3 Å². The summed E-state index contributed by atoms with van der Waals surface area (Å²) in [5.74, 6) is -2.37. The monoisotopic (exact) mass is 470 g/mol. The summed E-state index contributed by atoms with van der Waals surface area (Å²) in [7, 11) is 1.45. The lowest BCUT2D eigenvalue weighted by molar-refractivity contribution is -0.120. The highest BCUT2D eigenvalue weighted by Crippen LogP contribution is 2.50. The third-order valence-electron chi connectivity index (χ3n) is 5.19. The van der Waals surface area contributed by atoms with E-state index in [-0.39, 0.29) is 29.6 Å². The zero-order valence-electron chi connectivity index (χ0n) is 17.4. The topological polar surface area (TPSA) is 128 Å². The number of anilines is 1. The molecule has 170 valence electrons. The van der Waals surface area contributed by atoms with E-state index in [0.717, 1.165) is 11.3 Å². The largest absolute Gasteiger partial charge is 0.493 e. The van der Waals surface area contributed by atoms with Crippen LogP contribution in [-0.2, 0) is 9.59 Å². The van der Waals surface area contributed by atoms with Crippen LogP contribution in [0, 0.1) is 5.82 Å². The van der Waals surface area contributed by atoms with Crippen LogP contribution in [0.25, 0.3) is 11.1 Å². The second-order valence-corrected chi connectivity index (χ2v) is 8.38. The van der Waals surface area contributed by atoms with Crippen LogP contribution in [0.3, 0.4) is 0 Å². The minimum absolute atomic E-state index is 0.0394. The molecule has 0 bridgehead atoms. The number of carbonyl (C=O) groups is 3. The molecule has 1 aromatic heterocycles. The first-order valence-electron chi connectivity index (χ1n) is 9.83. The van der Waals surface area contributed by atoms with Crippen molar-refractivity contribution in [2.75, 3.05) is 19.0 Å².